The van der Waals surface area contributed by atoms with Gasteiger partial charge in [0, 0.05) is 0 Å². The van der Waals surface area contributed by atoms with Crippen molar-refractivity contribution in [1.82, 2.24) is 0 Å². The summed E-state index contributed by atoms with van der Waals surface area (Å²) in [5.74, 6) is 0. The zero-order valence-corrected chi connectivity index (χ0v) is 21.0. The topological polar surface area (TPSA) is 0 Å². The minimum absolute atomic E-state index is 1.21. The summed E-state index contributed by atoms with van der Waals surface area (Å²) < 4.78 is 0. The van der Waals surface area contributed by atoms with Crippen molar-refractivity contribution >= 4 is 44.0 Å². The molecule has 0 amide bonds. The molecule has 178 valence electrons. The highest BCUT2D eigenvalue weighted by Gasteiger charge is 2.14. The Hall–Kier alpha value is -4.94. The first-order valence-electron chi connectivity index (χ1n) is 13.1. The molecule has 7 rings (SSSR count). The van der Waals surface area contributed by atoms with Crippen molar-refractivity contribution in [3.63, 3.8) is 0 Å². The molecule has 0 saturated heterocycles. The third-order valence-electron chi connectivity index (χ3n) is 7.47. The summed E-state index contributed by atoms with van der Waals surface area (Å²) in [6.45, 7) is 0. The van der Waals surface area contributed by atoms with Crippen LogP contribution in [0.5, 0.6) is 0 Å². The van der Waals surface area contributed by atoms with E-state index in [9.17, 15) is 0 Å². The van der Waals surface area contributed by atoms with E-state index in [1.807, 2.05) is 0 Å². The van der Waals surface area contributed by atoms with E-state index < -0.39 is 0 Å². The van der Waals surface area contributed by atoms with Crippen LogP contribution in [0.25, 0.3) is 55.1 Å². The number of hydrogen-bond acceptors (Lipinski definition) is 0. The van der Waals surface area contributed by atoms with Crippen LogP contribution in [0, 0.1) is 0 Å². The molecule has 0 aliphatic carbocycles. The van der Waals surface area contributed by atoms with Crippen molar-refractivity contribution in [2.24, 2.45) is 0 Å². The molecule has 0 bridgehead atoms. The molecular formula is C38H26. The first-order chi connectivity index (χ1) is 18.8. The highest BCUT2D eigenvalue weighted by atomic mass is 14.2. The van der Waals surface area contributed by atoms with Gasteiger partial charge in [-0.1, -0.05) is 146 Å². The van der Waals surface area contributed by atoms with Crippen LogP contribution >= 0.6 is 0 Å². The highest BCUT2D eigenvalue weighted by molar-refractivity contribution is 6.10. The molecule has 0 radical (unpaired) electrons. The van der Waals surface area contributed by atoms with Crippen LogP contribution in [0.4, 0.5) is 0 Å². The van der Waals surface area contributed by atoms with E-state index in [0.717, 1.165) is 0 Å². The van der Waals surface area contributed by atoms with Crippen molar-refractivity contribution in [1.29, 1.82) is 0 Å². The molecule has 0 N–H and O–H groups in total. The summed E-state index contributed by atoms with van der Waals surface area (Å²) in [6, 6.07) is 54.7. The Kier molecular flexibility index (Phi) is 5.57. The van der Waals surface area contributed by atoms with Crippen molar-refractivity contribution in [3.05, 3.63) is 168 Å². The number of benzene rings is 7. The van der Waals surface area contributed by atoms with Gasteiger partial charge in [0.2, 0.25) is 0 Å². The Morgan fingerprint density at radius 1 is 0.395 bits per heavy atom. The molecule has 0 atom stereocenters. The van der Waals surface area contributed by atoms with Gasteiger partial charge in [-0.25, -0.2) is 0 Å². The van der Waals surface area contributed by atoms with Gasteiger partial charge in [-0.2, -0.15) is 0 Å². The summed E-state index contributed by atoms with van der Waals surface area (Å²) in [5, 5.41) is 7.55. The van der Waals surface area contributed by atoms with E-state index in [4.69, 9.17) is 0 Å². The molecule has 0 heteroatoms. The molecule has 0 aliphatic rings. The molecule has 0 saturated carbocycles. The predicted molar refractivity (Wildman–Crippen MR) is 164 cm³/mol. The smallest absolute Gasteiger partial charge is 0.00264 e. The average molecular weight is 483 g/mol. The first kappa shape index (κ1) is 22.3. The SMILES string of the molecule is C(=C(c1ccccc1)c1ccc2ccccc2c1)c1ccc2ccccc2c1-c1cccc2ccccc12. The molecule has 0 unspecified atom stereocenters. The van der Waals surface area contributed by atoms with E-state index in [1.54, 1.807) is 0 Å². The van der Waals surface area contributed by atoms with Crippen molar-refractivity contribution in [3.8, 4) is 11.1 Å². The van der Waals surface area contributed by atoms with Crippen LogP contribution in [-0.4, -0.2) is 0 Å². The quantitative estimate of drug-likeness (QED) is 0.219. The fourth-order valence-corrected chi connectivity index (χ4v) is 5.62. The van der Waals surface area contributed by atoms with E-state index >= 15 is 0 Å². The summed E-state index contributed by atoms with van der Waals surface area (Å²) >= 11 is 0. The maximum absolute atomic E-state index is 2.38. The lowest BCUT2D eigenvalue weighted by Crippen LogP contribution is -1.92. The van der Waals surface area contributed by atoms with Crippen LogP contribution in [0.15, 0.2) is 152 Å². The first-order valence-corrected chi connectivity index (χ1v) is 13.1. The van der Waals surface area contributed by atoms with Crippen molar-refractivity contribution in [2.75, 3.05) is 0 Å². The Bertz CT molecular complexity index is 1950. The van der Waals surface area contributed by atoms with Gasteiger partial charge in [-0.3, -0.25) is 0 Å². The molecule has 0 heterocycles. The fraction of sp³-hybridized carbons (Fsp3) is 0. The average Bonchev–Trinajstić information content (AvgIpc) is 2.99. The Balaban J connectivity index is 1.54. The summed E-state index contributed by atoms with van der Waals surface area (Å²) in [4.78, 5) is 0. The zero-order valence-electron chi connectivity index (χ0n) is 21.0. The van der Waals surface area contributed by atoms with Crippen LogP contribution in [-0.2, 0) is 0 Å². The molecule has 38 heavy (non-hydrogen) atoms. The second-order valence-electron chi connectivity index (χ2n) is 9.76. The minimum atomic E-state index is 1.21. The zero-order chi connectivity index (χ0) is 25.3. The maximum atomic E-state index is 2.38. The van der Waals surface area contributed by atoms with Crippen LogP contribution in [0.3, 0.4) is 0 Å². The normalized spacial score (nSPS) is 11.8. The van der Waals surface area contributed by atoms with Crippen LogP contribution in [0.1, 0.15) is 16.7 Å². The van der Waals surface area contributed by atoms with Gasteiger partial charge in [0.15, 0.2) is 0 Å². The second kappa shape index (κ2) is 9.50. The lowest BCUT2D eigenvalue weighted by atomic mass is 9.87. The molecule has 0 fully saturated rings. The Morgan fingerprint density at radius 2 is 1.00 bits per heavy atom. The van der Waals surface area contributed by atoms with E-state index in [1.165, 1.54) is 65.7 Å². The molecular weight excluding hydrogens is 456 g/mol. The van der Waals surface area contributed by atoms with E-state index in [2.05, 4.69) is 158 Å². The second-order valence-corrected chi connectivity index (χ2v) is 9.76. The minimum Gasteiger partial charge on any atom is -0.0622 e. The van der Waals surface area contributed by atoms with Crippen molar-refractivity contribution < 1.29 is 0 Å². The molecule has 0 nitrogen and oxygen atoms in total. The number of fused-ring (bicyclic) bond motifs is 3. The van der Waals surface area contributed by atoms with Gasteiger partial charge in [0.25, 0.3) is 0 Å². The van der Waals surface area contributed by atoms with Gasteiger partial charge in [-0.15, -0.1) is 0 Å². The van der Waals surface area contributed by atoms with Gasteiger partial charge < -0.3 is 0 Å². The number of rotatable bonds is 4. The van der Waals surface area contributed by atoms with E-state index in [-0.39, 0.29) is 0 Å². The lowest BCUT2D eigenvalue weighted by molar-refractivity contribution is 1.57. The number of hydrogen-bond donors (Lipinski definition) is 0. The van der Waals surface area contributed by atoms with Crippen LogP contribution in [0.2, 0.25) is 0 Å². The third kappa shape index (κ3) is 3.97. The molecule has 0 aromatic heterocycles. The monoisotopic (exact) mass is 482 g/mol. The largest absolute Gasteiger partial charge is 0.0622 e. The van der Waals surface area contributed by atoms with Crippen molar-refractivity contribution in [2.45, 2.75) is 0 Å². The lowest BCUT2D eigenvalue weighted by Gasteiger charge is -2.16. The van der Waals surface area contributed by atoms with Gasteiger partial charge in [0.1, 0.15) is 0 Å². The summed E-state index contributed by atoms with van der Waals surface area (Å²) in [6.07, 6.45) is 2.38. The van der Waals surface area contributed by atoms with E-state index in [0.29, 0.717) is 0 Å². The summed E-state index contributed by atoms with van der Waals surface area (Å²) in [5.41, 5.74) is 7.39. The standard InChI is InChI=1S/C38H26/c1-2-12-29(13-3-1)37(32-23-21-27-11-4-5-16-31(27)25-32)26-33-24-22-30-15-7-9-19-35(30)38(33)36-20-10-17-28-14-6-8-18-34(28)36/h1-26H. The van der Waals surface area contributed by atoms with Crippen LogP contribution < -0.4 is 0 Å². The maximum Gasteiger partial charge on any atom is -0.00264 e. The molecule has 7 aromatic rings. The Labute approximate surface area is 223 Å². The highest BCUT2D eigenvalue weighted by Crippen LogP contribution is 2.39. The predicted octanol–water partition coefficient (Wildman–Crippen LogP) is 10.4. The molecule has 0 spiro atoms. The third-order valence-corrected chi connectivity index (χ3v) is 7.47. The van der Waals surface area contributed by atoms with Gasteiger partial charge >= 0.3 is 0 Å². The summed E-state index contributed by atoms with van der Waals surface area (Å²) in [7, 11) is 0. The van der Waals surface area contributed by atoms with Gasteiger partial charge in [0.05, 0.1) is 0 Å². The Morgan fingerprint density at radius 3 is 1.82 bits per heavy atom. The fourth-order valence-electron chi connectivity index (χ4n) is 5.62. The van der Waals surface area contributed by atoms with Gasteiger partial charge in [-0.05, 0) is 77.9 Å². The molecule has 7 aromatic carbocycles. The molecule has 0 aliphatic heterocycles.